The Morgan fingerprint density at radius 3 is 2.59 bits per heavy atom. The Kier molecular flexibility index (Phi) is 4.67. The number of rotatable bonds is 6. The van der Waals surface area contributed by atoms with Gasteiger partial charge < -0.3 is 17.7 Å². The lowest BCUT2D eigenvalue weighted by molar-refractivity contribution is 0.310. The summed E-state index contributed by atoms with van der Waals surface area (Å²) in [7, 11) is 0. The molecule has 1 rings (SSSR count). The SMILES string of the molecule is C=CCCCOc1ccc([B-](F)(F)F)cc1C. The molecule has 1 aromatic carbocycles. The van der Waals surface area contributed by atoms with Crippen molar-refractivity contribution in [1.82, 2.24) is 0 Å². The summed E-state index contributed by atoms with van der Waals surface area (Å²) in [6.45, 7) is 0.762. The van der Waals surface area contributed by atoms with E-state index in [4.69, 9.17) is 4.74 Å². The van der Waals surface area contributed by atoms with Gasteiger partial charge in [0.05, 0.1) is 6.61 Å². The average molecular weight is 243 g/mol. The largest absolute Gasteiger partial charge is 0.509 e. The van der Waals surface area contributed by atoms with Gasteiger partial charge in [0.15, 0.2) is 0 Å². The van der Waals surface area contributed by atoms with Crippen LogP contribution in [0.5, 0.6) is 5.75 Å². The highest BCUT2D eigenvalue weighted by Crippen LogP contribution is 2.19. The van der Waals surface area contributed by atoms with Gasteiger partial charge in [-0.15, -0.1) is 12.0 Å². The summed E-state index contributed by atoms with van der Waals surface area (Å²) < 4.78 is 42.8. The lowest BCUT2D eigenvalue weighted by atomic mass is 9.79. The van der Waals surface area contributed by atoms with Gasteiger partial charge in [-0.3, -0.25) is 0 Å². The predicted octanol–water partition coefficient (Wildman–Crippen LogP) is 3.39. The third kappa shape index (κ3) is 4.17. The van der Waals surface area contributed by atoms with Crippen molar-refractivity contribution in [3.63, 3.8) is 0 Å². The normalized spacial score (nSPS) is 11.3. The van der Waals surface area contributed by atoms with Crippen molar-refractivity contribution in [1.29, 1.82) is 0 Å². The molecule has 0 radical (unpaired) electrons. The van der Waals surface area contributed by atoms with Crippen molar-refractivity contribution < 1.29 is 17.7 Å². The Balaban J connectivity index is 2.67. The van der Waals surface area contributed by atoms with Crippen molar-refractivity contribution in [3.8, 4) is 5.75 Å². The summed E-state index contributed by atoms with van der Waals surface area (Å²) in [5.41, 5.74) is -0.0683. The first-order valence-corrected chi connectivity index (χ1v) is 5.49. The summed E-state index contributed by atoms with van der Waals surface area (Å²) in [5.74, 6) is 0.512. The number of halogens is 3. The molecule has 0 spiro atoms. The first-order valence-electron chi connectivity index (χ1n) is 5.49. The van der Waals surface area contributed by atoms with E-state index >= 15 is 0 Å². The maximum absolute atomic E-state index is 12.5. The molecule has 17 heavy (non-hydrogen) atoms. The van der Waals surface area contributed by atoms with E-state index in [0.717, 1.165) is 25.0 Å². The minimum Gasteiger partial charge on any atom is -0.493 e. The van der Waals surface area contributed by atoms with Crippen LogP contribution in [-0.4, -0.2) is 13.6 Å². The Bertz CT molecular complexity index is 388. The van der Waals surface area contributed by atoms with Gasteiger partial charge in [0.2, 0.25) is 0 Å². The van der Waals surface area contributed by atoms with Gasteiger partial charge in [0.25, 0.3) is 0 Å². The fourth-order valence-electron chi connectivity index (χ4n) is 1.45. The minimum atomic E-state index is -4.93. The van der Waals surface area contributed by atoms with Crippen LogP contribution in [0.3, 0.4) is 0 Å². The van der Waals surface area contributed by atoms with E-state index in [1.807, 2.05) is 0 Å². The van der Waals surface area contributed by atoms with E-state index in [1.165, 1.54) is 6.07 Å². The maximum Gasteiger partial charge on any atom is 0.509 e. The molecule has 0 N–H and O–H groups in total. The molecule has 0 unspecified atom stereocenters. The lowest BCUT2D eigenvalue weighted by Gasteiger charge is -2.17. The predicted molar refractivity (Wildman–Crippen MR) is 64.8 cm³/mol. The average Bonchev–Trinajstić information content (AvgIpc) is 2.24. The number of hydrogen-bond acceptors (Lipinski definition) is 1. The van der Waals surface area contributed by atoms with Crippen LogP contribution in [0.15, 0.2) is 30.9 Å². The number of allylic oxidation sites excluding steroid dienone is 1. The summed E-state index contributed by atoms with van der Waals surface area (Å²) in [6, 6.07) is 3.58. The second kappa shape index (κ2) is 5.80. The first-order chi connectivity index (χ1) is 7.95. The van der Waals surface area contributed by atoms with Gasteiger partial charge in [0.1, 0.15) is 5.75 Å². The zero-order valence-electron chi connectivity index (χ0n) is 9.76. The van der Waals surface area contributed by atoms with Crippen LogP contribution in [0.1, 0.15) is 18.4 Å². The molecule has 1 aromatic rings. The fourth-order valence-corrected chi connectivity index (χ4v) is 1.45. The molecule has 5 heteroatoms. The third-order valence-electron chi connectivity index (χ3n) is 2.39. The summed E-state index contributed by atoms with van der Waals surface area (Å²) in [4.78, 5) is 0. The molecule has 0 saturated carbocycles. The van der Waals surface area contributed by atoms with Crippen molar-refractivity contribution in [2.75, 3.05) is 6.61 Å². The van der Waals surface area contributed by atoms with Gasteiger partial charge in [-0.05, 0) is 31.4 Å². The number of aryl methyl sites for hydroxylation is 1. The molecule has 0 fully saturated rings. The highest BCUT2D eigenvalue weighted by Gasteiger charge is 2.25. The number of unbranched alkanes of at least 4 members (excludes halogenated alkanes) is 1. The highest BCUT2D eigenvalue weighted by molar-refractivity contribution is 6.73. The second-order valence-electron chi connectivity index (χ2n) is 3.88. The highest BCUT2D eigenvalue weighted by atomic mass is 19.4. The smallest absolute Gasteiger partial charge is 0.493 e. The lowest BCUT2D eigenvalue weighted by Crippen LogP contribution is -2.34. The van der Waals surface area contributed by atoms with Gasteiger partial charge in [-0.25, -0.2) is 0 Å². The molecule has 0 aliphatic carbocycles. The Morgan fingerprint density at radius 1 is 1.35 bits per heavy atom. The Morgan fingerprint density at radius 2 is 2.06 bits per heavy atom. The van der Waals surface area contributed by atoms with Crippen LogP contribution < -0.4 is 10.2 Å². The summed E-state index contributed by atoms with van der Waals surface area (Å²) >= 11 is 0. The van der Waals surface area contributed by atoms with Gasteiger partial charge in [-0.1, -0.05) is 18.2 Å². The van der Waals surface area contributed by atoms with Gasteiger partial charge in [0, 0.05) is 0 Å². The Hall–Kier alpha value is -1.39. The minimum absolute atomic E-state index is 0.489. The molecule has 1 nitrogen and oxygen atoms in total. The fraction of sp³-hybridized carbons (Fsp3) is 0.333. The molecule has 94 valence electrons. The molecule has 0 aliphatic heterocycles. The van der Waals surface area contributed by atoms with E-state index in [-0.39, 0.29) is 0 Å². The van der Waals surface area contributed by atoms with Crippen LogP contribution in [0.2, 0.25) is 0 Å². The molecule has 0 aromatic heterocycles. The Labute approximate surface area is 99.3 Å². The standard InChI is InChI=1S/C12H15BF3O/c1-3-4-5-8-17-12-7-6-11(9-10(12)2)13(14,15)16/h3,6-7,9H,1,4-5,8H2,2H3/q-1. The van der Waals surface area contributed by atoms with Crippen LogP contribution >= 0.6 is 0 Å². The monoisotopic (exact) mass is 243 g/mol. The maximum atomic E-state index is 12.5. The molecule has 0 amide bonds. The van der Waals surface area contributed by atoms with Gasteiger partial charge in [-0.2, -0.15) is 0 Å². The van der Waals surface area contributed by atoms with E-state index < -0.39 is 12.4 Å². The summed E-state index contributed by atoms with van der Waals surface area (Å²) in [6.07, 6.45) is 3.43. The van der Waals surface area contributed by atoms with E-state index in [0.29, 0.717) is 17.9 Å². The van der Waals surface area contributed by atoms with Crippen molar-refractivity contribution in [2.24, 2.45) is 0 Å². The van der Waals surface area contributed by atoms with Gasteiger partial charge >= 0.3 is 6.98 Å². The zero-order valence-corrected chi connectivity index (χ0v) is 9.76. The molecule has 0 saturated heterocycles. The van der Waals surface area contributed by atoms with Crippen molar-refractivity contribution in [3.05, 3.63) is 36.4 Å². The van der Waals surface area contributed by atoms with Crippen LogP contribution in [0.4, 0.5) is 12.9 Å². The molecule has 0 heterocycles. The van der Waals surface area contributed by atoms with Crippen LogP contribution in [-0.2, 0) is 0 Å². The number of benzene rings is 1. The quantitative estimate of drug-likeness (QED) is 0.422. The number of ether oxygens (including phenoxy) is 1. The van der Waals surface area contributed by atoms with Crippen LogP contribution in [0, 0.1) is 6.92 Å². The molecular formula is C12H15BF3O-. The van der Waals surface area contributed by atoms with Crippen molar-refractivity contribution in [2.45, 2.75) is 19.8 Å². The topological polar surface area (TPSA) is 9.23 Å². The number of hydrogen-bond donors (Lipinski definition) is 0. The van der Waals surface area contributed by atoms with Crippen LogP contribution in [0.25, 0.3) is 0 Å². The van der Waals surface area contributed by atoms with Crippen molar-refractivity contribution >= 4 is 12.4 Å². The molecule has 0 atom stereocenters. The molecule has 0 aliphatic rings. The first kappa shape index (κ1) is 13.7. The van der Waals surface area contributed by atoms with E-state index in [9.17, 15) is 12.9 Å². The van der Waals surface area contributed by atoms with E-state index in [1.54, 1.807) is 13.0 Å². The second-order valence-corrected chi connectivity index (χ2v) is 3.88. The molecule has 0 bridgehead atoms. The zero-order chi connectivity index (χ0) is 12.9. The molecular weight excluding hydrogens is 228 g/mol. The van der Waals surface area contributed by atoms with E-state index in [2.05, 4.69) is 6.58 Å². The summed E-state index contributed by atoms with van der Waals surface area (Å²) in [5, 5.41) is 0. The third-order valence-corrected chi connectivity index (χ3v) is 2.39.